The predicted octanol–water partition coefficient (Wildman–Crippen LogP) is 0.906. The Morgan fingerprint density at radius 3 is 2.35 bits per heavy atom. The van der Waals surface area contributed by atoms with Crippen molar-refractivity contribution in [3.05, 3.63) is 29.3 Å². The number of nitrogens with one attached hydrogen (secondary N) is 1. The van der Waals surface area contributed by atoms with Crippen LogP contribution in [0.4, 0.5) is 5.69 Å². The number of carbonyl (C=O) groups excluding carboxylic acids is 1. The lowest BCUT2D eigenvalue weighted by molar-refractivity contribution is -0.121. The first-order chi connectivity index (χ1) is 12.2. The third-order valence-electron chi connectivity index (χ3n) is 4.38. The van der Waals surface area contributed by atoms with E-state index in [1.54, 1.807) is 19.1 Å². The zero-order valence-corrected chi connectivity index (χ0v) is 16.8. The van der Waals surface area contributed by atoms with Crippen LogP contribution in [0.1, 0.15) is 18.1 Å². The minimum atomic E-state index is -3.60. The Kier molecular flexibility index (Phi) is 7.02. The zero-order valence-electron chi connectivity index (χ0n) is 16.0. The van der Waals surface area contributed by atoms with Gasteiger partial charge >= 0.3 is 0 Å². The molecule has 0 bridgehead atoms. The van der Waals surface area contributed by atoms with Gasteiger partial charge < -0.3 is 10.1 Å². The smallest absolute Gasteiger partial charge is 0.243 e. The summed E-state index contributed by atoms with van der Waals surface area (Å²) >= 11 is 0. The molecule has 1 heterocycles. The molecule has 0 aliphatic carbocycles. The molecule has 1 saturated heterocycles. The lowest BCUT2D eigenvalue weighted by atomic mass is 10.1. The average molecular weight is 384 g/mol. The fourth-order valence-electron chi connectivity index (χ4n) is 3.20. The second-order valence-corrected chi connectivity index (χ2v) is 8.69. The molecule has 1 atom stereocenters. The molecule has 0 unspecified atom stereocenters. The fourth-order valence-corrected chi connectivity index (χ4v) is 4.35. The molecule has 26 heavy (non-hydrogen) atoms. The summed E-state index contributed by atoms with van der Waals surface area (Å²) in [7, 11) is -3.60. The van der Waals surface area contributed by atoms with Crippen LogP contribution in [0.2, 0.25) is 0 Å². The summed E-state index contributed by atoms with van der Waals surface area (Å²) < 4.78 is 31.2. The van der Waals surface area contributed by atoms with E-state index in [9.17, 15) is 13.2 Å². The molecule has 1 amide bonds. The van der Waals surface area contributed by atoms with Crippen LogP contribution in [0.3, 0.4) is 0 Å². The van der Waals surface area contributed by atoms with Crippen LogP contribution in [0, 0.1) is 13.8 Å². The van der Waals surface area contributed by atoms with Crippen LogP contribution >= 0.6 is 0 Å². The van der Waals surface area contributed by atoms with Gasteiger partial charge in [0.15, 0.2) is 0 Å². The highest BCUT2D eigenvalue weighted by atomic mass is 32.2. The normalized spacial score (nSPS) is 16.9. The Bertz CT molecular complexity index is 710. The van der Waals surface area contributed by atoms with Gasteiger partial charge in [0.2, 0.25) is 15.9 Å². The van der Waals surface area contributed by atoms with E-state index in [2.05, 4.69) is 10.2 Å². The summed E-state index contributed by atoms with van der Waals surface area (Å²) in [6.45, 7) is 9.75. The van der Waals surface area contributed by atoms with Crippen molar-refractivity contribution in [1.82, 2.24) is 10.2 Å². The first-order valence-electron chi connectivity index (χ1n) is 8.84. The van der Waals surface area contributed by atoms with Crippen LogP contribution in [-0.4, -0.2) is 70.9 Å². The van der Waals surface area contributed by atoms with E-state index in [0.717, 1.165) is 37.0 Å². The number of sulfonamides is 1. The number of ether oxygens (including phenoxy) is 1. The van der Waals surface area contributed by atoms with Gasteiger partial charge in [-0.2, -0.15) is 0 Å². The number of rotatable bonds is 7. The molecule has 0 aromatic heterocycles. The Morgan fingerprint density at radius 2 is 1.81 bits per heavy atom. The Hall–Kier alpha value is -1.64. The van der Waals surface area contributed by atoms with Gasteiger partial charge in [-0.15, -0.1) is 0 Å². The van der Waals surface area contributed by atoms with E-state index in [1.807, 2.05) is 19.9 Å². The molecular formula is C18H29N3O4S. The number of morpholine rings is 1. The topological polar surface area (TPSA) is 79.0 Å². The molecule has 0 spiro atoms. The molecule has 1 aromatic rings. The van der Waals surface area contributed by atoms with Crippen molar-refractivity contribution in [2.45, 2.75) is 26.8 Å². The monoisotopic (exact) mass is 383 g/mol. The molecule has 1 aliphatic rings. The van der Waals surface area contributed by atoms with Gasteiger partial charge in [0.1, 0.15) is 6.04 Å². The number of hydrogen-bond donors (Lipinski definition) is 1. The first-order valence-corrected chi connectivity index (χ1v) is 10.7. The van der Waals surface area contributed by atoms with Crippen molar-refractivity contribution in [2.24, 2.45) is 0 Å². The highest BCUT2D eigenvalue weighted by Gasteiger charge is 2.29. The van der Waals surface area contributed by atoms with Crippen LogP contribution < -0.4 is 9.62 Å². The van der Waals surface area contributed by atoms with Crippen molar-refractivity contribution in [3.63, 3.8) is 0 Å². The molecule has 146 valence electrons. The van der Waals surface area contributed by atoms with Crippen LogP contribution in [0.5, 0.6) is 0 Å². The van der Waals surface area contributed by atoms with Crippen LogP contribution in [0.15, 0.2) is 18.2 Å². The molecule has 1 aliphatic heterocycles. The average Bonchev–Trinajstić information content (AvgIpc) is 2.53. The summed E-state index contributed by atoms with van der Waals surface area (Å²) in [6.07, 6.45) is 1.13. The van der Waals surface area contributed by atoms with Crippen molar-refractivity contribution in [2.75, 3.05) is 50.0 Å². The lowest BCUT2D eigenvalue weighted by Gasteiger charge is -2.30. The number of hydrogen-bond acceptors (Lipinski definition) is 5. The third kappa shape index (κ3) is 5.69. The van der Waals surface area contributed by atoms with Gasteiger partial charge in [0.25, 0.3) is 0 Å². The molecule has 7 nitrogen and oxygen atoms in total. The SMILES string of the molecule is Cc1cc(C)cc(N([C@@H](C)C(=O)NCCN2CCOCC2)S(C)(=O)=O)c1. The molecule has 0 saturated carbocycles. The number of anilines is 1. The van der Waals surface area contributed by atoms with Crippen molar-refractivity contribution in [1.29, 1.82) is 0 Å². The first kappa shape index (κ1) is 20.7. The molecule has 0 radical (unpaired) electrons. The maximum Gasteiger partial charge on any atom is 0.243 e. The van der Waals surface area contributed by atoms with E-state index >= 15 is 0 Å². The van der Waals surface area contributed by atoms with Gasteiger partial charge in [-0.3, -0.25) is 14.0 Å². The van der Waals surface area contributed by atoms with Crippen LogP contribution in [-0.2, 0) is 19.6 Å². The van der Waals surface area contributed by atoms with Crippen LogP contribution in [0.25, 0.3) is 0 Å². The van der Waals surface area contributed by atoms with E-state index in [0.29, 0.717) is 25.4 Å². The Labute approximate surface area is 156 Å². The molecule has 1 N–H and O–H groups in total. The van der Waals surface area contributed by atoms with Gasteiger partial charge in [-0.1, -0.05) is 6.07 Å². The van der Waals surface area contributed by atoms with Crippen molar-refractivity contribution in [3.8, 4) is 0 Å². The number of benzene rings is 1. The number of carbonyl (C=O) groups is 1. The largest absolute Gasteiger partial charge is 0.379 e. The van der Waals surface area contributed by atoms with Gasteiger partial charge in [0, 0.05) is 26.2 Å². The summed E-state index contributed by atoms with van der Waals surface area (Å²) in [4.78, 5) is 14.8. The summed E-state index contributed by atoms with van der Waals surface area (Å²) in [5, 5.41) is 2.85. The summed E-state index contributed by atoms with van der Waals surface area (Å²) in [5.41, 5.74) is 2.42. The van der Waals surface area contributed by atoms with Gasteiger partial charge in [-0.25, -0.2) is 8.42 Å². The Morgan fingerprint density at radius 1 is 1.23 bits per heavy atom. The van der Waals surface area contributed by atoms with E-state index in [1.165, 1.54) is 4.31 Å². The molecule has 8 heteroatoms. The van der Waals surface area contributed by atoms with E-state index < -0.39 is 16.1 Å². The molecular weight excluding hydrogens is 354 g/mol. The van der Waals surface area contributed by atoms with E-state index in [-0.39, 0.29) is 5.91 Å². The standard InChI is InChI=1S/C18H29N3O4S/c1-14-11-15(2)13-17(12-14)21(26(4,23)24)16(3)18(22)19-5-6-20-7-9-25-10-8-20/h11-13,16H,5-10H2,1-4H3,(H,19,22)/t16-/m0/s1. The number of amides is 1. The summed E-state index contributed by atoms with van der Waals surface area (Å²) in [5.74, 6) is -0.303. The third-order valence-corrected chi connectivity index (χ3v) is 5.62. The minimum absolute atomic E-state index is 0.303. The van der Waals surface area contributed by atoms with Gasteiger partial charge in [0.05, 0.1) is 25.2 Å². The highest BCUT2D eigenvalue weighted by Crippen LogP contribution is 2.23. The maximum absolute atomic E-state index is 12.6. The second kappa shape index (κ2) is 8.83. The highest BCUT2D eigenvalue weighted by molar-refractivity contribution is 7.92. The fraction of sp³-hybridized carbons (Fsp3) is 0.611. The van der Waals surface area contributed by atoms with E-state index in [4.69, 9.17) is 4.74 Å². The maximum atomic E-state index is 12.6. The summed E-state index contributed by atoms with van der Waals surface area (Å²) in [6, 6.07) is 4.71. The molecule has 2 rings (SSSR count). The Balaban J connectivity index is 2.06. The van der Waals surface area contributed by atoms with Crippen molar-refractivity contribution >= 4 is 21.6 Å². The van der Waals surface area contributed by atoms with Gasteiger partial charge in [-0.05, 0) is 44.0 Å². The second-order valence-electron chi connectivity index (χ2n) is 6.83. The zero-order chi connectivity index (χ0) is 19.3. The molecule has 1 fully saturated rings. The number of nitrogens with zero attached hydrogens (tertiary/aromatic N) is 2. The molecule has 1 aromatic carbocycles. The number of aryl methyl sites for hydroxylation is 2. The minimum Gasteiger partial charge on any atom is -0.379 e. The predicted molar refractivity (Wildman–Crippen MR) is 103 cm³/mol. The van der Waals surface area contributed by atoms with Crippen molar-refractivity contribution < 1.29 is 17.9 Å². The quantitative estimate of drug-likeness (QED) is 0.757. The lowest BCUT2D eigenvalue weighted by Crippen LogP contribution is -2.49.